The Kier molecular flexibility index (Phi) is 68.0. The van der Waals surface area contributed by atoms with Gasteiger partial charge in [0.1, 0.15) is 13.2 Å². The second-order valence-corrected chi connectivity index (χ2v) is 25.2. The van der Waals surface area contributed by atoms with Crippen molar-refractivity contribution in [2.24, 2.45) is 0 Å². The summed E-state index contributed by atoms with van der Waals surface area (Å²) in [6.07, 6.45) is 83.9. The second-order valence-electron chi connectivity index (χ2n) is 25.2. The van der Waals surface area contributed by atoms with E-state index in [1.807, 2.05) is 0 Å². The van der Waals surface area contributed by atoms with Gasteiger partial charge in [-0.1, -0.05) is 373 Å². The first kappa shape index (κ1) is 78.1. The van der Waals surface area contributed by atoms with Gasteiger partial charge in [0.2, 0.25) is 0 Å². The molecule has 0 heterocycles. The van der Waals surface area contributed by atoms with Gasteiger partial charge in [0.25, 0.3) is 0 Å². The molecule has 0 aromatic heterocycles. The number of carbonyl (C=O) groups excluding carboxylic acids is 3. The molecule has 0 bridgehead atoms. The van der Waals surface area contributed by atoms with Crippen molar-refractivity contribution in [1.29, 1.82) is 0 Å². The number of carbonyl (C=O) groups is 3. The van der Waals surface area contributed by atoms with E-state index >= 15 is 0 Å². The Morgan fingerprint density at radius 3 is 0.625 bits per heavy atom. The van der Waals surface area contributed by atoms with Crippen molar-refractivity contribution >= 4 is 17.9 Å². The lowest BCUT2D eigenvalue weighted by Gasteiger charge is -2.18. The normalized spacial score (nSPS) is 12.0. The van der Waals surface area contributed by atoms with Crippen LogP contribution in [0.15, 0.2) is 12.2 Å². The van der Waals surface area contributed by atoms with Crippen LogP contribution in [0.5, 0.6) is 0 Å². The Balaban J connectivity index is 4.28. The SMILES string of the molecule is CCCCCCCC/C=C\CCCCCCCCCCCC(=O)OCC(COC(=O)CCCCCCCCCCCCCCCCCCCCCCCC)OC(=O)CCCCCCCCCCCCCCCCCCCCCCC. The second kappa shape index (κ2) is 69.6. The van der Waals surface area contributed by atoms with E-state index in [0.717, 1.165) is 57.8 Å². The molecule has 6 nitrogen and oxygen atoms in total. The van der Waals surface area contributed by atoms with Gasteiger partial charge in [0.15, 0.2) is 6.10 Å². The zero-order valence-electron chi connectivity index (χ0n) is 54.6. The predicted octanol–water partition coefficient (Wildman–Crippen LogP) is 25.2. The molecule has 0 fully saturated rings. The molecule has 0 saturated carbocycles. The summed E-state index contributed by atoms with van der Waals surface area (Å²) < 4.78 is 17.0. The summed E-state index contributed by atoms with van der Waals surface area (Å²) in [5.41, 5.74) is 0. The van der Waals surface area contributed by atoms with Crippen LogP contribution in [0.4, 0.5) is 0 Å². The van der Waals surface area contributed by atoms with Crippen LogP contribution >= 0.6 is 0 Å². The predicted molar refractivity (Wildman–Crippen MR) is 349 cm³/mol. The van der Waals surface area contributed by atoms with E-state index in [9.17, 15) is 14.4 Å². The summed E-state index contributed by atoms with van der Waals surface area (Å²) in [6.45, 7) is 6.74. The standard InChI is InChI=1S/C74H142O6/c1-4-7-10-13-16-19-22-25-28-31-34-36-38-40-43-46-49-52-55-58-61-64-67-73(76)79-70-71(69-78-72(75)66-63-60-57-54-51-48-45-42-39-33-30-27-24-21-18-15-12-9-6-3)80-74(77)68-65-62-59-56-53-50-47-44-41-37-35-32-29-26-23-20-17-14-11-8-5-2/h27,30,71H,4-26,28-29,31-70H2,1-3H3/b30-27-. The maximum absolute atomic E-state index is 13.0. The molecule has 0 N–H and O–H groups in total. The molecule has 0 aromatic carbocycles. The first-order chi connectivity index (χ1) is 39.5. The first-order valence-electron chi connectivity index (χ1n) is 36.7. The molecule has 0 saturated heterocycles. The van der Waals surface area contributed by atoms with Crippen molar-refractivity contribution in [1.82, 2.24) is 0 Å². The van der Waals surface area contributed by atoms with Crippen LogP contribution in [0.2, 0.25) is 0 Å². The Hall–Kier alpha value is -1.85. The van der Waals surface area contributed by atoms with Crippen molar-refractivity contribution in [3.63, 3.8) is 0 Å². The molecule has 474 valence electrons. The highest BCUT2D eigenvalue weighted by Gasteiger charge is 2.20. The van der Waals surface area contributed by atoms with Gasteiger partial charge in [-0.15, -0.1) is 0 Å². The number of esters is 3. The van der Waals surface area contributed by atoms with Crippen LogP contribution in [-0.2, 0) is 28.6 Å². The fourth-order valence-electron chi connectivity index (χ4n) is 11.5. The number of unbranched alkanes of at least 4 members (excludes halogenated alkanes) is 56. The van der Waals surface area contributed by atoms with E-state index in [2.05, 4.69) is 32.9 Å². The number of rotatable bonds is 69. The zero-order valence-corrected chi connectivity index (χ0v) is 54.6. The Morgan fingerprint density at radius 2 is 0.412 bits per heavy atom. The molecular formula is C74H142O6. The van der Waals surface area contributed by atoms with E-state index in [4.69, 9.17) is 14.2 Å². The lowest BCUT2D eigenvalue weighted by atomic mass is 10.0. The van der Waals surface area contributed by atoms with Gasteiger partial charge in [-0.2, -0.15) is 0 Å². The van der Waals surface area contributed by atoms with Crippen molar-refractivity contribution in [3.8, 4) is 0 Å². The molecule has 0 aromatic rings. The summed E-state index contributed by atoms with van der Waals surface area (Å²) in [4.78, 5) is 38.5. The summed E-state index contributed by atoms with van der Waals surface area (Å²) >= 11 is 0. The lowest BCUT2D eigenvalue weighted by Crippen LogP contribution is -2.30. The quantitative estimate of drug-likeness (QED) is 0.0261. The van der Waals surface area contributed by atoms with Crippen molar-refractivity contribution < 1.29 is 28.6 Å². The van der Waals surface area contributed by atoms with Gasteiger partial charge in [0, 0.05) is 19.3 Å². The number of ether oxygens (including phenoxy) is 3. The first-order valence-corrected chi connectivity index (χ1v) is 36.7. The van der Waals surface area contributed by atoms with Crippen LogP contribution < -0.4 is 0 Å². The highest BCUT2D eigenvalue weighted by atomic mass is 16.6. The van der Waals surface area contributed by atoms with Crippen LogP contribution in [0.3, 0.4) is 0 Å². The zero-order chi connectivity index (χ0) is 57.8. The summed E-state index contributed by atoms with van der Waals surface area (Å²) in [7, 11) is 0. The van der Waals surface area contributed by atoms with E-state index in [-0.39, 0.29) is 31.1 Å². The van der Waals surface area contributed by atoms with Gasteiger partial charge in [-0.3, -0.25) is 14.4 Å². The third-order valence-corrected chi connectivity index (χ3v) is 17.0. The molecule has 0 aliphatic carbocycles. The lowest BCUT2D eigenvalue weighted by molar-refractivity contribution is -0.167. The molecule has 0 amide bonds. The van der Waals surface area contributed by atoms with Crippen LogP contribution in [0.25, 0.3) is 0 Å². The number of allylic oxidation sites excluding steroid dienone is 2. The van der Waals surface area contributed by atoms with Crippen molar-refractivity contribution in [2.75, 3.05) is 13.2 Å². The molecule has 0 radical (unpaired) electrons. The summed E-state index contributed by atoms with van der Waals surface area (Å²) in [5.74, 6) is -0.825. The minimum atomic E-state index is -0.768. The topological polar surface area (TPSA) is 78.9 Å². The van der Waals surface area contributed by atoms with Crippen LogP contribution in [0, 0.1) is 0 Å². The maximum Gasteiger partial charge on any atom is 0.306 e. The third kappa shape index (κ3) is 66.9. The van der Waals surface area contributed by atoms with Crippen LogP contribution in [-0.4, -0.2) is 37.2 Å². The van der Waals surface area contributed by atoms with Crippen molar-refractivity contribution in [3.05, 3.63) is 12.2 Å². The van der Waals surface area contributed by atoms with E-state index < -0.39 is 6.10 Å². The van der Waals surface area contributed by atoms with Gasteiger partial charge in [0.05, 0.1) is 0 Å². The van der Waals surface area contributed by atoms with E-state index in [0.29, 0.717) is 19.3 Å². The average Bonchev–Trinajstić information content (AvgIpc) is 3.46. The molecule has 0 aliphatic rings. The molecule has 0 spiro atoms. The van der Waals surface area contributed by atoms with Gasteiger partial charge < -0.3 is 14.2 Å². The monoisotopic (exact) mass is 1130 g/mol. The average molecular weight is 1130 g/mol. The summed E-state index contributed by atoms with van der Waals surface area (Å²) in [6, 6.07) is 0. The molecule has 1 unspecified atom stereocenters. The molecule has 0 rings (SSSR count). The fraction of sp³-hybridized carbons (Fsp3) is 0.932. The molecular weight excluding hydrogens is 985 g/mol. The Labute approximate surface area is 501 Å². The summed E-state index contributed by atoms with van der Waals surface area (Å²) in [5, 5.41) is 0. The smallest absolute Gasteiger partial charge is 0.306 e. The Bertz CT molecular complexity index is 1250. The van der Waals surface area contributed by atoms with E-state index in [1.165, 1.54) is 327 Å². The number of hydrogen-bond donors (Lipinski definition) is 0. The van der Waals surface area contributed by atoms with Crippen molar-refractivity contribution in [2.45, 2.75) is 431 Å². The fourth-order valence-corrected chi connectivity index (χ4v) is 11.5. The molecule has 1 atom stereocenters. The largest absolute Gasteiger partial charge is 0.462 e. The van der Waals surface area contributed by atoms with Gasteiger partial charge in [-0.25, -0.2) is 0 Å². The number of hydrogen-bond acceptors (Lipinski definition) is 6. The molecule has 6 heteroatoms. The van der Waals surface area contributed by atoms with Gasteiger partial charge in [-0.05, 0) is 44.9 Å². The Morgan fingerprint density at radius 1 is 0.237 bits per heavy atom. The van der Waals surface area contributed by atoms with E-state index in [1.54, 1.807) is 0 Å². The molecule has 80 heavy (non-hydrogen) atoms. The van der Waals surface area contributed by atoms with Crippen LogP contribution in [0.1, 0.15) is 425 Å². The highest BCUT2D eigenvalue weighted by Crippen LogP contribution is 2.19. The maximum atomic E-state index is 13.0. The molecule has 0 aliphatic heterocycles. The highest BCUT2D eigenvalue weighted by molar-refractivity contribution is 5.71. The van der Waals surface area contributed by atoms with Gasteiger partial charge >= 0.3 is 17.9 Å². The third-order valence-electron chi connectivity index (χ3n) is 17.0. The minimum absolute atomic E-state index is 0.0631. The minimum Gasteiger partial charge on any atom is -0.462 e.